The minimum Gasteiger partial charge on any atom is -0.312 e. The van der Waals surface area contributed by atoms with Crippen molar-refractivity contribution in [3.8, 4) is 11.8 Å². The molecule has 0 aromatic heterocycles. The zero-order valence-corrected chi connectivity index (χ0v) is 24.1. The van der Waals surface area contributed by atoms with Gasteiger partial charge in [0.15, 0.2) is 0 Å². The van der Waals surface area contributed by atoms with Crippen LogP contribution in [-0.2, 0) is 25.9 Å². The van der Waals surface area contributed by atoms with E-state index >= 15 is 0 Å². The van der Waals surface area contributed by atoms with E-state index in [1.54, 1.807) is 0 Å². The average Bonchev–Trinajstić information content (AvgIpc) is 3.18. The Morgan fingerprint density at radius 2 is 1.78 bits per heavy atom. The van der Waals surface area contributed by atoms with E-state index in [1.165, 1.54) is 28.7 Å². The number of anilines is 1. The molecule has 0 fully saturated rings. The van der Waals surface area contributed by atoms with Crippen molar-refractivity contribution < 1.29 is 4.79 Å². The van der Waals surface area contributed by atoms with Crippen molar-refractivity contribution in [2.45, 2.75) is 99.6 Å². The van der Waals surface area contributed by atoms with E-state index in [2.05, 4.69) is 95.1 Å². The lowest BCUT2D eigenvalue weighted by atomic mass is 9.90. The second-order valence-corrected chi connectivity index (χ2v) is 11.6. The van der Waals surface area contributed by atoms with Gasteiger partial charge in [0.05, 0.1) is 6.54 Å². The van der Waals surface area contributed by atoms with Crippen molar-refractivity contribution in [2.75, 3.05) is 11.4 Å². The van der Waals surface area contributed by atoms with Crippen LogP contribution in [0.3, 0.4) is 0 Å². The molecule has 2 aromatic rings. The number of unbranched alkanes of at least 4 members (excludes halogenated alkanes) is 1. The van der Waals surface area contributed by atoms with Crippen LogP contribution in [-0.4, -0.2) is 12.5 Å². The molecule has 0 spiro atoms. The quantitative estimate of drug-likeness (QED) is 0.283. The lowest BCUT2D eigenvalue weighted by molar-refractivity contribution is 0.0996. The van der Waals surface area contributed by atoms with Crippen molar-refractivity contribution in [3.63, 3.8) is 0 Å². The smallest absolute Gasteiger partial charge is 0.258 e. The summed E-state index contributed by atoms with van der Waals surface area (Å²) in [6, 6.07) is 13.1. The number of carbonyl (C=O) groups excluding carboxylic acids is 1. The topological polar surface area (TPSA) is 32.3 Å². The van der Waals surface area contributed by atoms with E-state index in [0.717, 1.165) is 62.9 Å². The molecule has 3 rings (SSSR count). The Morgan fingerprint density at radius 1 is 0.973 bits per heavy atom. The standard InChI is InChI=1S/C34H48N2O/c1-7-9-10-11-14-26(5)17-27(6)18-28-15-12-16-31(20-28)36-24-33-30(13-8-2)19-29(21-32(33)34(36)37)23-35-22-25(3)4/h12,15-16,19-21,25-27,35H,7-9,13-14,17-18,22-24H2,1-6H3. The highest BCUT2D eigenvalue weighted by atomic mass is 16.2. The maximum Gasteiger partial charge on any atom is 0.258 e. The molecule has 200 valence electrons. The summed E-state index contributed by atoms with van der Waals surface area (Å²) < 4.78 is 0. The Kier molecular flexibility index (Phi) is 11.3. The van der Waals surface area contributed by atoms with Crippen LogP contribution in [0.15, 0.2) is 36.4 Å². The summed E-state index contributed by atoms with van der Waals surface area (Å²) in [5, 5.41) is 3.54. The van der Waals surface area contributed by atoms with E-state index in [-0.39, 0.29) is 5.91 Å². The van der Waals surface area contributed by atoms with Gasteiger partial charge in [0, 0.05) is 30.6 Å². The van der Waals surface area contributed by atoms with E-state index in [4.69, 9.17) is 0 Å². The normalized spacial score (nSPS) is 14.5. The van der Waals surface area contributed by atoms with Gasteiger partial charge in [-0.15, -0.1) is 11.8 Å². The minimum atomic E-state index is 0.141. The fourth-order valence-corrected chi connectivity index (χ4v) is 5.43. The van der Waals surface area contributed by atoms with E-state index < -0.39 is 0 Å². The predicted molar refractivity (Wildman–Crippen MR) is 158 cm³/mol. The molecule has 2 aromatic carbocycles. The number of benzene rings is 2. The van der Waals surface area contributed by atoms with Crippen molar-refractivity contribution in [1.82, 2.24) is 5.32 Å². The first-order valence-electron chi connectivity index (χ1n) is 14.5. The Labute approximate surface area is 226 Å². The third kappa shape index (κ3) is 8.47. The van der Waals surface area contributed by atoms with Crippen LogP contribution < -0.4 is 10.2 Å². The first kappa shape index (κ1) is 29.0. The molecule has 0 aliphatic carbocycles. The van der Waals surface area contributed by atoms with Gasteiger partial charge in [0.2, 0.25) is 0 Å². The second-order valence-electron chi connectivity index (χ2n) is 11.6. The number of aryl methyl sites for hydroxylation is 1. The zero-order chi connectivity index (χ0) is 26.8. The number of hydrogen-bond acceptors (Lipinski definition) is 2. The van der Waals surface area contributed by atoms with Crippen molar-refractivity contribution >= 4 is 11.6 Å². The molecule has 0 bridgehead atoms. The van der Waals surface area contributed by atoms with Gasteiger partial charge in [0.1, 0.15) is 0 Å². The number of amides is 1. The molecule has 0 saturated heterocycles. The number of hydrogen-bond donors (Lipinski definition) is 1. The summed E-state index contributed by atoms with van der Waals surface area (Å²) in [5.74, 6) is 8.57. The van der Waals surface area contributed by atoms with E-state index in [0.29, 0.717) is 24.3 Å². The third-order valence-electron chi connectivity index (χ3n) is 7.16. The summed E-state index contributed by atoms with van der Waals surface area (Å²) in [6.07, 6.45) is 7.43. The highest BCUT2D eigenvalue weighted by Crippen LogP contribution is 2.33. The molecule has 37 heavy (non-hydrogen) atoms. The lowest BCUT2D eigenvalue weighted by Gasteiger charge is -2.19. The van der Waals surface area contributed by atoms with Crippen molar-refractivity contribution in [3.05, 3.63) is 64.2 Å². The number of rotatable bonds is 13. The summed E-state index contributed by atoms with van der Waals surface area (Å²) >= 11 is 0. The van der Waals surface area contributed by atoms with Gasteiger partial charge in [-0.1, -0.05) is 66.2 Å². The highest BCUT2D eigenvalue weighted by Gasteiger charge is 2.31. The Bertz CT molecular complexity index is 1090. The van der Waals surface area contributed by atoms with E-state index in [1.807, 2.05) is 4.90 Å². The second kappa shape index (κ2) is 14.4. The van der Waals surface area contributed by atoms with Crippen LogP contribution in [0.5, 0.6) is 0 Å². The maximum atomic E-state index is 13.6. The van der Waals surface area contributed by atoms with Crippen molar-refractivity contribution in [2.24, 2.45) is 17.8 Å². The third-order valence-corrected chi connectivity index (χ3v) is 7.16. The highest BCUT2D eigenvalue weighted by molar-refractivity contribution is 6.10. The SMILES string of the molecule is CCCC#CCC(C)CC(C)Cc1cccc(N2Cc3c(CCC)cc(CNCC(C)C)cc3C2=O)c1. The van der Waals surface area contributed by atoms with Crippen molar-refractivity contribution in [1.29, 1.82) is 0 Å². The Hall–Kier alpha value is -2.57. The molecule has 1 heterocycles. The van der Waals surface area contributed by atoms with Gasteiger partial charge in [-0.05, 0) is 90.4 Å². The van der Waals surface area contributed by atoms with Crippen LogP contribution in [0.25, 0.3) is 0 Å². The van der Waals surface area contributed by atoms with Gasteiger partial charge >= 0.3 is 0 Å². The maximum absolute atomic E-state index is 13.6. The average molecular weight is 501 g/mol. The Morgan fingerprint density at radius 3 is 2.51 bits per heavy atom. The number of fused-ring (bicyclic) bond motifs is 1. The van der Waals surface area contributed by atoms with Crippen LogP contribution in [0.1, 0.15) is 106 Å². The first-order valence-corrected chi connectivity index (χ1v) is 14.5. The molecule has 3 nitrogen and oxygen atoms in total. The molecule has 1 aliphatic rings. The molecule has 2 atom stereocenters. The molecule has 1 amide bonds. The van der Waals surface area contributed by atoms with E-state index in [9.17, 15) is 4.79 Å². The van der Waals surface area contributed by atoms with Gasteiger partial charge in [-0.3, -0.25) is 4.79 Å². The zero-order valence-electron chi connectivity index (χ0n) is 24.1. The molecule has 0 saturated carbocycles. The summed E-state index contributed by atoms with van der Waals surface area (Å²) in [5.41, 5.74) is 6.99. The first-order chi connectivity index (χ1) is 17.8. The molecular formula is C34H48N2O. The summed E-state index contributed by atoms with van der Waals surface area (Å²) in [6.45, 7) is 16.0. The van der Waals surface area contributed by atoms with Crippen LogP contribution in [0.4, 0.5) is 5.69 Å². The Balaban J connectivity index is 1.70. The minimum absolute atomic E-state index is 0.141. The molecule has 1 aliphatic heterocycles. The monoisotopic (exact) mass is 500 g/mol. The van der Waals surface area contributed by atoms with Crippen LogP contribution >= 0.6 is 0 Å². The predicted octanol–water partition coefficient (Wildman–Crippen LogP) is 7.94. The molecule has 3 heteroatoms. The summed E-state index contributed by atoms with van der Waals surface area (Å²) in [4.78, 5) is 15.6. The molecule has 2 unspecified atom stereocenters. The summed E-state index contributed by atoms with van der Waals surface area (Å²) in [7, 11) is 0. The fraction of sp³-hybridized carbons (Fsp3) is 0.559. The number of nitrogens with one attached hydrogen (secondary N) is 1. The number of carbonyl (C=O) groups is 1. The van der Waals surface area contributed by atoms with Gasteiger partial charge < -0.3 is 10.2 Å². The van der Waals surface area contributed by atoms with Gasteiger partial charge in [-0.2, -0.15) is 0 Å². The number of nitrogens with zero attached hydrogens (tertiary/aromatic N) is 1. The molecular weight excluding hydrogens is 452 g/mol. The van der Waals surface area contributed by atoms with Crippen LogP contribution in [0.2, 0.25) is 0 Å². The van der Waals surface area contributed by atoms with Gasteiger partial charge in [0.25, 0.3) is 5.91 Å². The fourth-order valence-electron chi connectivity index (χ4n) is 5.43. The largest absolute Gasteiger partial charge is 0.312 e. The van der Waals surface area contributed by atoms with Gasteiger partial charge in [-0.25, -0.2) is 0 Å². The molecule has 1 N–H and O–H groups in total. The lowest BCUT2D eigenvalue weighted by Crippen LogP contribution is -2.23. The van der Waals surface area contributed by atoms with Crippen LogP contribution in [0, 0.1) is 29.6 Å². The molecule has 0 radical (unpaired) electrons.